The third kappa shape index (κ3) is 0.590. The molecule has 0 spiro atoms. The maximum absolute atomic E-state index is 10.3. The molecule has 0 bridgehead atoms. The minimum atomic E-state index is -1.56. The van der Waals surface area contributed by atoms with Gasteiger partial charge in [0.15, 0.2) is 0 Å². The zero-order valence-electron chi connectivity index (χ0n) is 3.42. The molecule has 0 unspecified atom stereocenters. The number of carbonyl (C=O) groups excluding carboxylic acids is 1. The van der Waals surface area contributed by atoms with Gasteiger partial charge in [-0.3, -0.25) is 4.79 Å². The average Bonchev–Trinajstić information content (AvgIpc) is 1.88. The molecular weight excluding hydrogens is 194 g/mol. The SMILES string of the molecule is O=C1C(Cl)(Cl)C1(Cl)Cl. The highest BCUT2D eigenvalue weighted by molar-refractivity contribution is 6.86. The van der Waals surface area contributed by atoms with E-state index < -0.39 is 14.4 Å². The first-order valence-corrected chi connectivity index (χ1v) is 3.22. The van der Waals surface area contributed by atoms with Gasteiger partial charge < -0.3 is 0 Å². The second-order valence-corrected chi connectivity index (χ2v) is 4.13. The summed E-state index contributed by atoms with van der Waals surface area (Å²) in [6.07, 6.45) is 0. The van der Waals surface area contributed by atoms with E-state index in [9.17, 15) is 4.79 Å². The van der Waals surface area contributed by atoms with Crippen LogP contribution in [0.25, 0.3) is 0 Å². The van der Waals surface area contributed by atoms with E-state index in [0.717, 1.165) is 0 Å². The van der Waals surface area contributed by atoms with Gasteiger partial charge in [0, 0.05) is 0 Å². The van der Waals surface area contributed by atoms with E-state index in [1.54, 1.807) is 0 Å². The Balaban J connectivity index is 2.88. The van der Waals surface area contributed by atoms with Crippen molar-refractivity contribution in [3.05, 3.63) is 0 Å². The molecule has 1 aliphatic carbocycles. The molecule has 0 atom stereocenters. The van der Waals surface area contributed by atoms with E-state index in [0.29, 0.717) is 0 Å². The van der Waals surface area contributed by atoms with Crippen molar-refractivity contribution in [2.45, 2.75) is 8.67 Å². The molecule has 1 nitrogen and oxygen atoms in total. The topological polar surface area (TPSA) is 17.1 Å². The lowest BCUT2D eigenvalue weighted by atomic mass is 10.9. The summed E-state index contributed by atoms with van der Waals surface area (Å²) in [6, 6.07) is 0. The Hall–Kier alpha value is 0.830. The molecule has 46 valence electrons. The molecule has 0 heterocycles. The summed E-state index contributed by atoms with van der Waals surface area (Å²) in [5, 5.41) is 0. The molecule has 1 rings (SSSR count). The van der Waals surface area contributed by atoms with Crippen molar-refractivity contribution in [1.29, 1.82) is 0 Å². The number of rotatable bonds is 0. The molecule has 0 aromatic carbocycles. The van der Waals surface area contributed by atoms with Crippen molar-refractivity contribution in [3.8, 4) is 0 Å². The summed E-state index contributed by atoms with van der Waals surface area (Å²) in [4.78, 5) is 10.3. The molecule has 0 radical (unpaired) electrons. The van der Waals surface area contributed by atoms with Crippen LogP contribution >= 0.6 is 46.4 Å². The van der Waals surface area contributed by atoms with Crippen LogP contribution in [0.1, 0.15) is 0 Å². The van der Waals surface area contributed by atoms with Crippen molar-refractivity contribution < 1.29 is 4.79 Å². The molecule has 1 aliphatic rings. The predicted molar refractivity (Wildman–Crippen MR) is 33.9 cm³/mol. The highest BCUT2D eigenvalue weighted by Crippen LogP contribution is 2.59. The number of Topliss-reactive ketones (excluding diaryl/α,β-unsaturated/α-hetero) is 1. The molecule has 0 saturated heterocycles. The quantitative estimate of drug-likeness (QED) is 0.538. The fourth-order valence-electron chi connectivity index (χ4n) is 0.269. The first-order chi connectivity index (χ1) is 3.40. The third-order valence-corrected chi connectivity index (χ3v) is 3.11. The summed E-state index contributed by atoms with van der Waals surface area (Å²) < 4.78 is -3.12. The normalized spacial score (nSPS) is 30.2. The molecule has 0 N–H and O–H groups in total. The highest BCUT2D eigenvalue weighted by Gasteiger charge is 2.76. The average molecular weight is 194 g/mol. The third-order valence-electron chi connectivity index (χ3n) is 0.902. The Bertz CT molecular complexity index is 133. The molecule has 1 saturated carbocycles. The summed E-state index contributed by atoms with van der Waals surface area (Å²) in [5.41, 5.74) is 0. The molecule has 0 aliphatic heterocycles. The van der Waals surface area contributed by atoms with Gasteiger partial charge >= 0.3 is 0 Å². The van der Waals surface area contributed by atoms with E-state index >= 15 is 0 Å². The predicted octanol–water partition coefficient (Wildman–Crippen LogP) is 1.92. The molecule has 8 heavy (non-hydrogen) atoms. The fraction of sp³-hybridized carbons (Fsp3) is 0.667. The van der Waals surface area contributed by atoms with E-state index in [1.807, 2.05) is 0 Å². The molecule has 5 heteroatoms. The Morgan fingerprint density at radius 2 is 1.12 bits per heavy atom. The Labute approximate surface area is 65.8 Å². The number of hydrogen-bond donors (Lipinski definition) is 0. The van der Waals surface area contributed by atoms with Gasteiger partial charge in [-0.1, -0.05) is 46.4 Å². The Morgan fingerprint density at radius 1 is 1.00 bits per heavy atom. The highest BCUT2D eigenvalue weighted by atomic mass is 35.5. The lowest BCUT2D eigenvalue weighted by molar-refractivity contribution is -0.110. The van der Waals surface area contributed by atoms with Crippen molar-refractivity contribution >= 4 is 52.2 Å². The Kier molecular flexibility index (Phi) is 1.27. The van der Waals surface area contributed by atoms with Gasteiger partial charge in [0.2, 0.25) is 14.4 Å². The van der Waals surface area contributed by atoms with Crippen LogP contribution in [-0.4, -0.2) is 14.4 Å². The molecule has 0 aromatic heterocycles. The minimum absolute atomic E-state index is 0.545. The number of halogens is 4. The van der Waals surface area contributed by atoms with Gasteiger partial charge in [0.25, 0.3) is 0 Å². The van der Waals surface area contributed by atoms with E-state index in [4.69, 9.17) is 46.4 Å². The number of hydrogen-bond acceptors (Lipinski definition) is 1. The number of carbonyl (C=O) groups is 1. The van der Waals surface area contributed by atoms with Crippen LogP contribution in [-0.2, 0) is 4.79 Å². The van der Waals surface area contributed by atoms with Crippen LogP contribution in [0.2, 0.25) is 0 Å². The van der Waals surface area contributed by atoms with Gasteiger partial charge in [0.05, 0.1) is 0 Å². The zero-order chi connectivity index (χ0) is 6.58. The van der Waals surface area contributed by atoms with Crippen LogP contribution in [0.4, 0.5) is 0 Å². The lowest BCUT2D eigenvalue weighted by Gasteiger charge is -1.89. The Morgan fingerprint density at radius 3 is 1.12 bits per heavy atom. The van der Waals surface area contributed by atoms with Gasteiger partial charge in [-0.25, -0.2) is 0 Å². The van der Waals surface area contributed by atoms with Crippen molar-refractivity contribution in [2.75, 3.05) is 0 Å². The first kappa shape index (κ1) is 6.94. The number of ketones is 1. The van der Waals surface area contributed by atoms with Gasteiger partial charge in [-0.05, 0) is 0 Å². The molecular formula is C3Cl4O. The van der Waals surface area contributed by atoms with E-state index in [-0.39, 0.29) is 0 Å². The lowest BCUT2D eigenvalue weighted by Crippen LogP contribution is -1.96. The van der Waals surface area contributed by atoms with Gasteiger partial charge in [0.1, 0.15) is 0 Å². The molecule has 0 amide bonds. The van der Waals surface area contributed by atoms with E-state index in [2.05, 4.69) is 0 Å². The van der Waals surface area contributed by atoms with Crippen LogP contribution < -0.4 is 0 Å². The van der Waals surface area contributed by atoms with Gasteiger partial charge in [-0.2, -0.15) is 0 Å². The fourth-order valence-corrected chi connectivity index (χ4v) is 1.18. The smallest absolute Gasteiger partial charge is 0.218 e. The summed E-state index contributed by atoms with van der Waals surface area (Å²) in [5.74, 6) is -0.545. The monoisotopic (exact) mass is 192 g/mol. The van der Waals surface area contributed by atoms with Crippen molar-refractivity contribution in [3.63, 3.8) is 0 Å². The summed E-state index contributed by atoms with van der Waals surface area (Å²) >= 11 is 20.9. The second-order valence-electron chi connectivity index (χ2n) is 1.48. The van der Waals surface area contributed by atoms with Crippen molar-refractivity contribution in [2.24, 2.45) is 0 Å². The van der Waals surface area contributed by atoms with Crippen LogP contribution in [0, 0.1) is 0 Å². The van der Waals surface area contributed by atoms with Crippen LogP contribution in [0.15, 0.2) is 0 Å². The summed E-state index contributed by atoms with van der Waals surface area (Å²) in [6.45, 7) is 0. The number of alkyl halides is 4. The minimum Gasteiger partial charge on any atom is -0.293 e. The maximum atomic E-state index is 10.3. The largest absolute Gasteiger partial charge is 0.293 e. The first-order valence-electron chi connectivity index (χ1n) is 1.71. The molecule has 0 aromatic rings. The van der Waals surface area contributed by atoms with Crippen LogP contribution in [0.3, 0.4) is 0 Å². The maximum Gasteiger partial charge on any atom is 0.218 e. The molecule has 1 fully saturated rings. The van der Waals surface area contributed by atoms with Gasteiger partial charge in [-0.15, -0.1) is 0 Å². The second kappa shape index (κ2) is 1.46. The summed E-state index contributed by atoms with van der Waals surface area (Å²) in [7, 11) is 0. The van der Waals surface area contributed by atoms with E-state index in [1.165, 1.54) is 0 Å². The van der Waals surface area contributed by atoms with Crippen LogP contribution in [0.5, 0.6) is 0 Å². The van der Waals surface area contributed by atoms with Crippen molar-refractivity contribution in [1.82, 2.24) is 0 Å². The zero-order valence-corrected chi connectivity index (χ0v) is 6.44. The standard InChI is InChI=1S/C3Cl4O/c4-2(5)1(8)3(2,6)7.